The summed E-state index contributed by atoms with van der Waals surface area (Å²) in [5, 5.41) is 10.8. The maximum atomic E-state index is 12.7. The first kappa shape index (κ1) is 13.7. The van der Waals surface area contributed by atoms with E-state index in [0.717, 1.165) is 18.2 Å². The molecule has 0 atom stereocenters. The summed E-state index contributed by atoms with van der Waals surface area (Å²) in [6, 6.07) is 2.87. The second kappa shape index (κ2) is 5.81. The zero-order valence-electron chi connectivity index (χ0n) is 8.53. The van der Waals surface area contributed by atoms with Crippen molar-refractivity contribution in [1.82, 2.24) is 0 Å². The van der Waals surface area contributed by atoms with E-state index in [-0.39, 0.29) is 12.0 Å². The number of alkyl halides is 3. The molecule has 7 heteroatoms. The van der Waals surface area contributed by atoms with Crippen molar-refractivity contribution in [2.24, 2.45) is 0 Å². The van der Waals surface area contributed by atoms with Gasteiger partial charge in [-0.05, 0) is 6.07 Å². The summed E-state index contributed by atoms with van der Waals surface area (Å²) in [6.45, 7) is 0. The number of non-ortho nitro benzene ring substituents is 1. The van der Waals surface area contributed by atoms with Crippen LogP contribution in [0.3, 0.4) is 0 Å². The molecule has 92 valence electrons. The summed E-state index contributed by atoms with van der Waals surface area (Å²) < 4.78 is 25.4. The van der Waals surface area contributed by atoms with Crippen molar-refractivity contribution in [2.75, 3.05) is 5.33 Å². The molecule has 17 heavy (non-hydrogen) atoms. The van der Waals surface area contributed by atoms with E-state index < -0.39 is 28.4 Å². The van der Waals surface area contributed by atoms with Crippen molar-refractivity contribution in [1.29, 1.82) is 0 Å². The molecular formula is C10H8BrF2NO3. The summed E-state index contributed by atoms with van der Waals surface area (Å²) in [7, 11) is 0. The number of rotatable bonds is 5. The first-order valence-electron chi connectivity index (χ1n) is 4.63. The minimum Gasteiger partial charge on any atom is -0.294 e. The highest BCUT2D eigenvalue weighted by molar-refractivity contribution is 9.09. The Morgan fingerprint density at radius 3 is 2.59 bits per heavy atom. The molecule has 0 aliphatic carbocycles. The number of benzene rings is 1. The van der Waals surface area contributed by atoms with Gasteiger partial charge in [-0.3, -0.25) is 14.9 Å². The van der Waals surface area contributed by atoms with E-state index in [1.807, 2.05) is 0 Å². The lowest BCUT2D eigenvalue weighted by Gasteiger charge is -2.06. The molecule has 0 N–H and O–H groups in total. The highest BCUT2D eigenvalue weighted by Gasteiger charge is 2.21. The van der Waals surface area contributed by atoms with Crippen molar-refractivity contribution in [3.05, 3.63) is 39.4 Å². The molecule has 0 heterocycles. The SMILES string of the molecule is O=C(CCBr)c1ccc([N+](=O)[O-])cc1C(F)F. The lowest BCUT2D eigenvalue weighted by atomic mass is 10.0. The van der Waals surface area contributed by atoms with Gasteiger partial charge < -0.3 is 0 Å². The van der Waals surface area contributed by atoms with Gasteiger partial charge in [-0.25, -0.2) is 8.78 Å². The van der Waals surface area contributed by atoms with Crippen LogP contribution in [-0.4, -0.2) is 16.0 Å². The van der Waals surface area contributed by atoms with Crippen LogP contribution < -0.4 is 0 Å². The third-order valence-corrected chi connectivity index (χ3v) is 2.50. The van der Waals surface area contributed by atoms with Gasteiger partial charge >= 0.3 is 0 Å². The largest absolute Gasteiger partial charge is 0.294 e. The van der Waals surface area contributed by atoms with E-state index in [4.69, 9.17) is 0 Å². The second-order valence-corrected chi connectivity index (χ2v) is 3.98. The molecule has 1 aromatic carbocycles. The lowest BCUT2D eigenvalue weighted by Crippen LogP contribution is -2.05. The van der Waals surface area contributed by atoms with Gasteiger partial charge in [0, 0.05) is 35.0 Å². The Balaban J connectivity index is 3.22. The Kier molecular flexibility index (Phi) is 4.68. The van der Waals surface area contributed by atoms with E-state index >= 15 is 0 Å². The van der Waals surface area contributed by atoms with Gasteiger partial charge in [0.2, 0.25) is 0 Å². The van der Waals surface area contributed by atoms with E-state index in [1.54, 1.807) is 0 Å². The molecule has 0 amide bonds. The number of hydrogen-bond donors (Lipinski definition) is 0. The molecule has 4 nitrogen and oxygen atoms in total. The average Bonchev–Trinajstić information content (AvgIpc) is 2.28. The van der Waals surface area contributed by atoms with Crippen LogP contribution in [0.5, 0.6) is 0 Å². The summed E-state index contributed by atoms with van der Waals surface area (Å²) in [4.78, 5) is 21.2. The smallest absolute Gasteiger partial charge is 0.269 e. The Labute approximate surface area is 104 Å². The van der Waals surface area contributed by atoms with E-state index in [1.165, 1.54) is 0 Å². The average molecular weight is 308 g/mol. The Morgan fingerprint density at radius 2 is 2.12 bits per heavy atom. The molecule has 1 rings (SSSR count). The molecule has 0 aromatic heterocycles. The quantitative estimate of drug-likeness (QED) is 0.362. The molecule has 0 unspecified atom stereocenters. The number of hydrogen-bond acceptors (Lipinski definition) is 3. The predicted molar refractivity (Wildman–Crippen MR) is 60.8 cm³/mol. The fourth-order valence-corrected chi connectivity index (χ4v) is 1.68. The molecule has 0 bridgehead atoms. The van der Waals surface area contributed by atoms with Crippen LogP contribution in [0.2, 0.25) is 0 Å². The summed E-state index contributed by atoms with van der Waals surface area (Å²) in [6.07, 6.45) is -2.85. The van der Waals surface area contributed by atoms with Crippen LogP contribution in [0.4, 0.5) is 14.5 Å². The van der Waals surface area contributed by atoms with Crippen molar-refractivity contribution >= 4 is 27.4 Å². The number of carbonyl (C=O) groups is 1. The number of carbonyl (C=O) groups excluding carboxylic acids is 1. The number of nitro groups is 1. The van der Waals surface area contributed by atoms with Gasteiger partial charge in [-0.2, -0.15) is 0 Å². The zero-order valence-corrected chi connectivity index (χ0v) is 10.1. The summed E-state index contributed by atoms with van der Waals surface area (Å²) in [5.41, 5.74) is -1.20. The first-order chi connectivity index (χ1) is 7.97. The van der Waals surface area contributed by atoms with Crippen molar-refractivity contribution < 1.29 is 18.5 Å². The monoisotopic (exact) mass is 307 g/mol. The molecule has 0 saturated carbocycles. The summed E-state index contributed by atoms with van der Waals surface area (Å²) >= 11 is 3.03. The van der Waals surface area contributed by atoms with E-state index in [0.29, 0.717) is 5.33 Å². The number of ketones is 1. The number of nitrogens with zero attached hydrogens (tertiary/aromatic N) is 1. The van der Waals surface area contributed by atoms with Crippen LogP contribution >= 0.6 is 15.9 Å². The molecule has 0 fully saturated rings. The lowest BCUT2D eigenvalue weighted by molar-refractivity contribution is -0.385. The maximum absolute atomic E-state index is 12.7. The van der Waals surface area contributed by atoms with Gasteiger partial charge in [0.25, 0.3) is 12.1 Å². The highest BCUT2D eigenvalue weighted by Crippen LogP contribution is 2.28. The Hall–Kier alpha value is -1.37. The fraction of sp³-hybridized carbons (Fsp3) is 0.300. The first-order valence-corrected chi connectivity index (χ1v) is 5.75. The number of Topliss-reactive ketones (excluding diaryl/α,β-unsaturated/α-hetero) is 1. The van der Waals surface area contributed by atoms with Gasteiger partial charge in [-0.15, -0.1) is 0 Å². The minimum atomic E-state index is -2.91. The van der Waals surface area contributed by atoms with Gasteiger partial charge in [0.05, 0.1) is 4.92 Å². The Bertz CT molecular complexity index is 451. The highest BCUT2D eigenvalue weighted by atomic mass is 79.9. The third kappa shape index (κ3) is 3.29. The predicted octanol–water partition coefficient (Wildman–Crippen LogP) is 3.50. The van der Waals surface area contributed by atoms with Crippen LogP contribution in [0.25, 0.3) is 0 Å². The molecule has 0 aliphatic heterocycles. The number of nitro benzene ring substituents is 1. The van der Waals surface area contributed by atoms with Crippen molar-refractivity contribution in [3.63, 3.8) is 0 Å². The van der Waals surface area contributed by atoms with Crippen molar-refractivity contribution in [3.8, 4) is 0 Å². The molecule has 0 saturated heterocycles. The van der Waals surface area contributed by atoms with E-state index in [9.17, 15) is 23.7 Å². The molecular weight excluding hydrogens is 300 g/mol. The number of halogens is 3. The standard InChI is InChI=1S/C10H8BrF2NO3/c11-4-3-9(15)7-2-1-6(14(16)17)5-8(7)10(12)13/h1-2,5,10H,3-4H2. The van der Waals surface area contributed by atoms with Gasteiger partial charge in [0.1, 0.15) is 0 Å². The van der Waals surface area contributed by atoms with Crippen LogP contribution in [0.1, 0.15) is 28.8 Å². The third-order valence-electron chi connectivity index (χ3n) is 2.10. The van der Waals surface area contributed by atoms with Gasteiger partial charge in [-0.1, -0.05) is 15.9 Å². The summed E-state index contributed by atoms with van der Waals surface area (Å²) in [5.74, 6) is -0.466. The van der Waals surface area contributed by atoms with Crippen molar-refractivity contribution in [2.45, 2.75) is 12.8 Å². The second-order valence-electron chi connectivity index (χ2n) is 3.19. The van der Waals surface area contributed by atoms with Crippen LogP contribution in [0, 0.1) is 10.1 Å². The van der Waals surface area contributed by atoms with Crippen LogP contribution in [-0.2, 0) is 0 Å². The maximum Gasteiger partial charge on any atom is 0.269 e. The normalized spacial score (nSPS) is 10.6. The zero-order chi connectivity index (χ0) is 13.0. The van der Waals surface area contributed by atoms with Crippen LogP contribution in [0.15, 0.2) is 18.2 Å². The molecule has 0 radical (unpaired) electrons. The minimum absolute atomic E-state index is 0.0670. The fourth-order valence-electron chi connectivity index (χ4n) is 1.32. The topological polar surface area (TPSA) is 60.2 Å². The molecule has 1 aromatic rings. The molecule has 0 spiro atoms. The van der Waals surface area contributed by atoms with Gasteiger partial charge in [0.15, 0.2) is 5.78 Å². The Morgan fingerprint density at radius 1 is 1.47 bits per heavy atom. The van der Waals surface area contributed by atoms with E-state index in [2.05, 4.69) is 15.9 Å². The molecule has 0 aliphatic rings.